The molecule has 0 aromatic rings. The first-order valence-electron chi connectivity index (χ1n) is 7.10. The predicted octanol–water partition coefficient (Wildman–Crippen LogP) is 3.10. The van der Waals surface area contributed by atoms with E-state index in [2.05, 4.69) is 31.2 Å². The molecule has 0 bridgehead atoms. The Morgan fingerprint density at radius 1 is 1.17 bits per heavy atom. The van der Waals surface area contributed by atoms with E-state index in [1.807, 2.05) is 13.8 Å². The first-order chi connectivity index (χ1) is 8.37. The van der Waals surface area contributed by atoms with Gasteiger partial charge >= 0.3 is 0 Å². The molecule has 0 amide bonds. The Morgan fingerprint density at radius 3 is 2.06 bits per heavy atom. The maximum atomic E-state index is 8.72. The van der Waals surface area contributed by atoms with Crippen LogP contribution in [0.1, 0.15) is 66.7 Å². The van der Waals surface area contributed by atoms with E-state index in [9.17, 15) is 0 Å². The van der Waals surface area contributed by atoms with Crippen LogP contribution in [0, 0.1) is 5.41 Å². The number of oxime groups is 1. The van der Waals surface area contributed by atoms with Gasteiger partial charge in [0.2, 0.25) is 0 Å². The summed E-state index contributed by atoms with van der Waals surface area (Å²) >= 11 is 0. The quantitative estimate of drug-likeness (QED) is 0.195. The third kappa shape index (κ3) is 4.84. The zero-order chi connectivity index (χ0) is 14.2. The summed E-state index contributed by atoms with van der Waals surface area (Å²) in [5.74, 6) is 0.315. The number of amidine groups is 1. The van der Waals surface area contributed by atoms with E-state index in [4.69, 9.17) is 10.9 Å². The number of hydrogen-bond acceptors (Lipinski definition) is 3. The molecule has 18 heavy (non-hydrogen) atoms. The second-order valence-corrected chi connectivity index (χ2v) is 5.74. The molecule has 108 valence electrons. The van der Waals surface area contributed by atoms with Gasteiger partial charge in [-0.05, 0) is 38.6 Å². The fourth-order valence-corrected chi connectivity index (χ4v) is 2.27. The topological polar surface area (TPSA) is 70.6 Å². The van der Waals surface area contributed by atoms with Gasteiger partial charge in [-0.15, -0.1) is 0 Å². The summed E-state index contributed by atoms with van der Waals surface area (Å²) in [6.45, 7) is 11.7. The fourth-order valence-electron chi connectivity index (χ4n) is 2.27. The second kappa shape index (κ2) is 7.62. The molecule has 0 aliphatic carbocycles. The molecule has 0 heterocycles. The monoisotopic (exact) mass is 257 g/mol. The Balaban J connectivity index is 4.14. The van der Waals surface area contributed by atoms with Crippen LogP contribution in [0.2, 0.25) is 0 Å². The van der Waals surface area contributed by atoms with Crippen molar-refractivity contribution < 1.29 is 5.21 Å². The Bertz CT molecular complexity index is 250. The highest BCUT2D eigenvalue weighted by molar-refractivity contribution is 5.85. The zero-order valence-corrected chi connectivity index (χ0v) is 12.7. The summed E-state index contributed by atoms with van der Waals surface area (Å²) in [6.07, 6.45) is 5.42. The van der Waals surface area contributed by atoms with Crippen LogP contribution in [0.25, 0.3) is 0 Å². The first kappa shape index (κ1) is 17.2. The number of nitrogens with zero attached hydrogens (tertiary/aromatic N) is 1. The van der Waals surface area contributed by atoms with Crippen molar-refractivity contribution >= 4 is 5.84 Å². The van der Waals surface area contributed by atoms with Crippen molar-refractivity contribution in [1.29, 1.82) is 0 Å². The van der Waals surface area contributed by atoms with Gasteiger partial charge in [-0.3, -0.25) is 0 Å². The third-order valence-corrected chi connectivity index (χ3v) is 4.31. The normalized spacial score (nSPS) is 13.9. The van der Waals surface area contributed by atoms with Crippen LogP contribution in [0.3, 0.4) is 0 Å². The van der Waals surface area contributed by atoms with Gasteiger partial charge in [-0.2, -0.15) is 0 Å². The van der Waals surface area contributed by atoms with Gasteiger partial charge in [0, 0.05) is 11.0 Å². The van der Waals surface area contributed by atoms with Crippen LogP contribution in [0.5, 0.6) is 0 Å². The molecule has 4 nitrogen and oxygen atoms in total. The largest absolute Gasteiger partial charge is 0.409 e. The molecule has 4 N–H and O–H groups in total. The average molecular weight is 257 g/mol. The molecule has 0 fully saturated rings. The lowest BCUT2D eigenvalue weighted by Crippen LogP contribution is -2.44. The zero-order valence-electron chi connectivity index (χ0n) is 12.7. The highest BCUT2D eigenvalue weighted by Gasteiger charge is 2.25. The van der Waals surface area contributed by atoms with Crippen LogP contribution in [0.15, 0.2) is 5.16 Å². The van der Waals surface area contributed by atoms with E-state index in [1.165, 1.54) is 0 Å². The number of nitrogens with two attached hydrogens (primary N) is 1. The van der Waals surface area contributed by atoms with Gasteiger partial charge in [0.25, 0.3) is 0 Å². The molecule has 0 saturated carbocycles. The third-order valence-electron chi connectivity index (χ3n) is 4.31. The van der Waals surface area contributed by atoms with Crippen molar-refractivity contribution in [2.75, 3.05) is 6.54 Å². The molecular formula is C14H31N3O. The van der Waals surface area contributed by atoms with Gasteiger partial charge < -0.3 is 16.3 Å². The number of hydrogen-bond donors (Lipinski definition) is 3. The second-order valence-electron chi connectivity index (χ2n) is 5.74. The molecule has 0 unspecified atom stereocenters. The van der Waals surface area contributed by atoms with Crippen LogP contribution >= 0.6 is 0 Å². The van der Waals surface area contributed by atoms with Crippen molar-refractivity contribution in [3.05, 3.63) is 0 Å². The molecule has 4 heteroatoms. The van der Waals surface area contributed by atoms with Crippen LogP contribution in [-0.4, -0.2) is 23.1 Å². The summed E-state index contributed by atoms with van der Waals surface area (Å²) in [5, 5.41) is 15.5. The average Bonchev–Trinajstić information content (AvgIpc) is 2.38. The summed E-state index contributed by atoms with van der Waals surface area (Å²) < 4.78 is 0. The lowest BCUT2D eigenvalue weighted by atomic mass is 9.86. The van der Waals surface area contributed by atoms with E-state index in [1.54, 1.807) is 0 Å². The molecule has 0 aliphatic heterocycles. The Morgan fingerprint density at radius 2 is 1.67 bits per heavy atom. The van der Waals surface area contributed by atoms with Gasteiger partial charge in [0.15, 0.2) is 0 Å². The van der Waals surface area contributed by atoms with Crippen molar-refractivity contribution in [3.8, 4) is 0 Å². The van der Waals surface area contributed by atoms with Gasteiger partial charge in [-0.25, -0.2) is 0 Å². The van der Waals surface area contributed by atoms with E-state index >= 15 is 0 Å². The molecule has 0 aliphatic rings. The van der Waals surface area contributed by atoms with E-state index in [-0.39, 0.29) is 11.0 Å². The number of rotatable bonds is 9. The highest BCUT2D eigenvalue weighted by Crippen LogP contribution is 2.23. The van der Waals surface area contributed by atoms with Crippen molar-refractivity contribution in [3.63, 3.8) is 0 Å². The van der Waals surface area contributed by atoms with Crippen molar-refractivity contribution in [1.82, 2.24) is 5.32 Å². The minimum atomic E-state index is -0.232. The van der Waals surface area contributed by atoms with Crippen LogP contribution < -0.4 is 11.1 Å². The van der Waals surface area contributed by atoms with Crippen LogP contribution in [0.4, 0.5) is 0 Å². The van der Waals surface area contributed by atoms with Gasteiger partial charge in [-0.1, -0.05) is 39.8 Å². The Kier molecular flexibility index (Phi) is 7.29. The summed E-state index contributed by atoms with van der Waals surface area (Å²) in [6, 6.07) is 0. The minimum Gasteiger partial charge on any atom is -0.409 e. The fraction of sp³-hybridized carbons (Fsp3) is 0.929. The molecule has 0 radical (unpaired) electrons. The van der Waals surface area contributed by atoms with E-state index in [0.717, 1.165) is 38.6 Å². The van der Waals surface area contributed by atoms with Crippen LogP contribution in [-0.2, 0) is 0 Å². The smallest absolute Gasteiger partial charge is 0.144 e. The lowest BCUT2D eigenvalue weighted by Gasteiger charge is -2.32. The summed E-state index contributed by atoms with van der Waals surface area (Å²) in [4.78, 5) is 0. The molecule has 0 aromatic heterocycles. The highest BCUT2D eigenvalue weighted by atomic mass is 16.4. The molecule has 0 saturated heterocycles. The maximum absolute atomic E-state index is 8.72. The molecule has 0 rings (SSSR count). The maximum Gasteiger partial charge on any atom is 0.144 e. The summed E-state index contributed by atoms with van der Waals surface area (Å²) in [5.41, 5.74) is 5.72. The van der Waals surface area contributed by atoms with Gasteiger partial charge in [0.1, 0.15) is 5.84 Å². The Hall–Kier alpha value is -0.770. The summed E-state index contributed by atoms with van der Waals surface area (Å²) in [7, 11) is 0. The predicted molar refractivity (Wildman–Crippen MR) is 78.0 cm³/mol. The molecule has 0 atom stereocenters. The van der Waals surface area contributed by atoms with Gasteiger partial charge in [0.05, 0.1) is 0 Å². The lowest BCUT2D eigenvalue weighted by molar-refractivity contribution is 0.279. The Labute approximate surface area is 112 Å². The standard InChI is InChI=1S/C14H31N3O/c1-6-14(7-2,8-3)16-11-9-10-13(4,5)12(15)17-18/h16,18H,6-11H2,1-5H3,(H2,15,17). The van der Waals surface area contributed by atoms with Crippen molar-refractivity contribution in [2.24, 2.45) is 16.3 Å². The molecular weight excluding hydrogens is 226 g/mol. The minimum absolute atomic E-state index is 0.232. The first-order valence-corrected chi connectivity index (χ1v) is 7.10. The molecule has 0 spiro atoms. The number of nitrogens with one attached hydrogen (secondary N) is 1. The SMILES string of the molecule is CCC(CC)(CC)NCCCC(C)(C)C(N)=NO. The molecule has 0 aromatic carbocycles. The van der Waals surface area contributed by atoms with E-state index < -0.39 is 0 Å². The van der Waals surface area contributed by atoms with Crippen molar-refractivity contribution in [2.45, 2.75) is 72.3 Å². The van der Waals surface area contributed by atoms with E-state index in [0.29, 0.717) is 5.84 Å².